The molecule has 0 fully saturated rings. The highest BCUT2D eigenvalue weighted by Crippen LogP contribution is 2.33. The molecule has 1 aromatic carbocycles. The van der Waals surface area contributed by atoms with Gasteiger partial charge >= 0.3 is 5.97 Å². The molecular weight excluding hydrogens is 242 g/mol. The molecule has 0 spiro atoms. The summed E-state index contributed by atoms with van der Waals surface area (Å²) in [5.41, 5.74) is 8.37. The van der Waals surface area contributed by atoms with Gasteiger partial charge in [0.2, 0.25) is 0 Å². The Balaban J connectivity index is 2.05. The Kier molecular flexibility index (Phi) is 4.43. The summed E-state index contributed by atoms with van der Waals surface area (Å²) in [6.07, 6.45) is 2.91. The molecule has 2 N–H and O–H groups in total. The zero-order valence-corrected chi connectivity index (χ0v) is 11.5. The van der Waals surface area contributed by atoms with E-state index in [1.807, 2.05) is 32.0 Å². The first-order chi connectivity index (χ1) is 9.08. The van der Waals surface area contributed by atoms with Crippen LogP contribution >= 0.6 is 0 Å². The van der Waals surface area contributed by atoms with Crippen molar-refractivity contribution in [1.82, 2.24) is 0 Å². The quantitative estimate of drug-likeness (QED) is 0.847. The van der Waals surface area contributed by atoms with Crippen LogP contribution in [0.2, 0.25) is 0 Å². The summed E-state index contributed by atoms with van der Waals surface area (Å²) in [5.74, 6) is 0.418. The van der Waals surface area contributed by atoms with Crippen molar-refractivity contribution in [2.75, 3.05) is 6.61 Å². The topological polar surface area (TPSA) is 61.5 Å². The molecule has 1 unspecified atom stereocenters. The summed E-state index contributed by atoms with van der Waals surface area (Å²) >= 11 is 0. The third-order valence-electron chi connectivity index (χ3n) is 3.22. The van der Waals surface area contributed by atoms with Crippen molar-refractivity contribution in [3.05, 3.63) is 29.3 Å². The summed E-state index contributed by atoms with van der Waals surface area (Å²) in [4.78, 5) is 11.5. The molecule has 1 aliphatic carbocycles. The lowest BCUT2D eigenvalue weighted by Crippen LogP contribution is -2.21. The number of fused-ring (bicyclic) bond motifs is 1. The molecule has 0 radical (unpaired) electrons. The van der Waals surface area contributed by atoms with Crippen molar-refractivity contribution in [2.45, 2.75) is 45.3 Å². The summed E-state index contributed by atoms with van der Waals surface area (Å²) in [6, 6.07) is 5.93. The molecule has 0 saturated heterocycles. The number of ether oxygens (including phenoxy) is 2. The molecule has 0 aliphatic heterocycles. The van der Waals surface area contributed by atoms with Gasteiger partial charge in [0.1, 0.15) is 5.75 Å². The van der Waals surface area contributed by atoms with Crippen molar-refractivity contribution in [3.63, 3.8) is 0 Å². The first kappa shape index (κ1) is 13.9. The predicted octanol–water partition coefficient (Wildman–Crippen LogP) is 2.35. The lowest BCUT2D eigenvalue weighted by Gasteiger charge is -2.24. The lowest BCUT2D eigenvalue weighted by atomic mass is 9.88. The zero-order chi connectivity index (χ0) is 13.8. The van der Waals surface area contributed by atoms with E-state index < -0.39 is 0 Å². The maximum Gasteiger partial charge on any atom is 0.344 e. The third-order valence-corrected chi connectivity index (χ3v) is 3.22. The Bertz CT molecular complexity index is 457. The van der Waals surface area contributed by atoms with Gasteiger partial charge < -0.3 is 15.2 Å². The van der Waals surface area contributed by atoms with E-state index in [0.29, 0.717) is 0 Å². The number of esters is 1. The average molecular weight is 263 g/mol. The van der Waals surface area contributed by atoms with E-state index in [0.717, 1.165) is 36.1 Å². The van der Waals surface area contributed by atoms with Gasteiger partial charge in [-0.1, -0.05) is 12.1 Å². The van der Waals surface area contributed by atoms with Crippen LogP contribution in [0.25, 0.3) is 0 Å². The van der Waals surface area contributed by atoms with Crippen LogP contribution in [-0.2, 0) is 16.0 Å². The molecule has 4 heteroatoms. The molecular formula is C15H21NO3. The van der Waals surface area contributed by atoms with Gasteiger partial charge in [-0.2, -0.15) is 0 Å². The monoisotopic (exact) mass is 263 g/mol. The van der Waals surface area contributed by atoms with Crippen molar-refractivity contribution < 1.29 is 14.3 Å². The molecule has 0 amide bonds. The van der Waals surface area contributed by atoms with Gasteiger partial charge in [-0.25, -0.2) is 4.79 Å². The second kappa shape index (κ2) is 6.06. The van der Waals surface area contributed by atoms with Gasteiger partial charge in [0.05, 0.1) is 6.10 Å². The molecule has 0 saturated carbocycles. The van der Waals surface area contributed by atoms with Gasteiger partial charge in [-0.05, 0) is 50.3 Å². The summed E-state index contributed by atoms with van der Waals surface area (Å²) in [7, 11) is 0. The van der Waals surface area contributed by atoms with Crippen LogP contribution in [0.15, 0.2) is 18.2 Å². The summed E-state index contributed by atoms with van der Waals surface area (Å²) in [6.45, 7) is 3.59. The lowest BCUT2D eigenvalue weighted by molar-refractivity contribution is -0.149. The fourth-order valence-corrected chi connectivity index (χ4v) is 2.42. The highest BCUT2D eigenvalue weighted by atomic mass is 16.6. The van der Waals surface area contributed by atoms with E-state index in [4.69, 9.17) is 15.2 Å². The number of carbonyl (C=O) groups excluding carboxylic acids is 1. The van der Waals surface area contributed by atoms with Gasteiger partial charge in [0.25, 0.3) is 0 Å². The van der Waals surface area contributed by atoms with E-state index in [1.165, 1.54) is 0 Å². The van der Waals surface area contributed by atoms with Gasteiger partial charge in [-0.15, -0.1) is 0 Å². The standard InChI is InChI=1S/C15H21NO3/c1-10(2)19-15(17)9-18-14-8-4-5-11-12(14)6-3-7-13(11)16/h4-5,8,10,13H,3,6-7,9,16H2,1-2H3. The number of nitrogens with two attached hydrogens (primary N) is 1. The summed E-state index contributed by atoms with van der Waals surface area (Å²) in [5, 5.41) is 0. The average Bonchev–Trinajstić information content (AvgIpc) is 2.36. The molecule has 0 bridgehead atoms. The Morgan fingerprint density at radius 2 is 2.26 bits per heavy atom. The maximum absolute atomic E-state index is 11.5. The van der Waals surface area contributed by atoms with Crippen LogP contribution in [0, 0.1) is 0 Å². The highest BCUT2D eigenvalue weighted by molar-refractivity contribution is 5.71. The van der Waals surface area contributed by atoms with E-state index in [9.17, 15) is 4.79 Å². The van der Waals surface area contributed by atoms with E-state index in [-0.39, 0.29) is 24.7 Å². The van der Waals surface area contributed by atoms with Crippen molar-refractivity contribution in [2.24, 2.45) is 5.73 Å². The summed E-state index contributed by atoms with van der Waals surface area (Å²) < 4.78 is 10.6. The van der Waals surface area contributed by atoms with Crippen molar-refractivity contribution >= 4 is 5.97 Å². The normalized spacial score (nSPS) is 18.0. The van der Waals surface area contributed by atoms with Crippen LogP contribution in [-0.4, -0.2) is 18.7 Å². The second-order valence-electron chi connectivity index (χ2n) is 5.15. The molecule has 2 rings (SSSR count). The van der Waals surface area contributed by atoms with Gasteiger partial charge in [0, 0.05) is 6.04 Å². The maximum atomic E-state index is 11.5. The van der Waals surface area contributed by atoms with Crippen LogP contribution in [0.4, 0.5) is 0 Å². The minimum Gasteiger partial charge on any atom is -0.482 e. The molecule has 1 atom stereocenters. The number of hydrogen-bond donors (Lipinski definition) is 1. The highest BCUT2D eigenvalue weighted by Gasteiger charge is 2.20. The SMILES string of the molecule is CC(C)OC(=O)COc1cccc2c1CCCC2N. The zero-order valence-electron chi connectivity index (χ0n) is 11.5. The van der Waals surface area contributed by atoms with Crippen LogP contribution in [0.5, 0.6) is 5.75 Å². The van der Waals surface area contributed by atoms with E-state index in [1.54, 1.807) is 0 Å². The van der Waals surface area contributed by atoms with Gasteiger partial charge in [-0.3, -0.25) is 0 Å². The Morgan fingerprint density at radius 1 is 1.47 bits per heavy atom. The Hall–Kier alpha value is -1.55. The number of rotatable bonds is 4. The molecule has 19 heavy (non-hydrogen) atoms. The molecule has 1 aromatic rings. The van der Waals surface area contributed by atoms with Crippen LogP contribution in [0.3, 0.4) is 0 Å². The minimum atomic E-state index is -0.340. The van der Waals surface area contributed by atoms with E-state index >= 15 is 0 Å². The second-order valence-corrected chi connectivity index (χ2v) is 5.15. The first-order valence-corrected chi connectivity index (χ1v) is 6.77. The number of hydrogen-bond acceptors (Lipinski definition) is 4. The smallest absolute Gasteiger partial charge is 0.344 e. The number of benzene rings is 1. The largest absolute Gasteiger partial charge is 0.482 e. The molecule has 104 valence electrons. The van der Waals surface area contributed by atoms with E-state index in [2.05, 4.69) is 0 Å². The third kappa shape index (κ3) is 3.47. The van der Waals surface area contributed by atoms with Gasteiger partial charge in [0.15, 0.2) is 6.61 Å². The fourth-order valence-electron chi connectivity index (χ4n) is 2.42. The Morgan fingerprint density at radius 3 is 3.00 bits per heavy atom. The number of carbonyl (C=O) groups is 1. The van der Waals surface area contributed by atoms with Crippen LogP contribution in [0.1, 0.15) is 43.9 Å². The molecule has 1 aliphatic rings. The van der Waals surface area contributed by atoms with Crippen molar-refractivity contribution in [1.29, 1.82) is 0 Å². The predicted molar refractivity (Wildman–Crippen MR) is 73.0 cm³/mol. The molecule has 0 heterocycles. The molecule has 4 nitrogen and oxygen atoms in total. The Labute approximate surface area is 113 Å². The first-order valence-electron chi connectivity index (χ1n) is 6.77. The minimum absolute atomic E-state index is 0.0517. The fraction of sp³-hybridized carbons (Fsp3) is 0.533. The van der Waals surface area contributed by atoms with Crippen LogP contribution < -0.4 is 10.5 Å². The molecule has 0 aromatic heterocycles. The van der Waals surface area contributed by atoms with Crippen molar-refractivity contribution in [3.8, 4) is 5.75 Å².